The Bertz CT molecular complexity index is 1010. The maximum Gasteiger partial charge on any atom is 0.328 e. The molecule has 2 aromatic carbocycles. The molecule has 0 aromatic heterocycles. The van der Waals surface area contributed by atoms with Gasteiger partial charge in [-0.2, -0.15) is 4.72 Å². The van der Waals surface area contributed by atoms with Gasteiger partial charge in [-0.1, -0.05) is 48.5 Å². The first kappa shape index (κ1) is 23.2. The van der Waals surface area contributed by atoms with Crippen LogP contribution in [0.25, 0.3) is 0 Å². The predicted octanol–water partition coefficient (Wildman–Crippen LogP) is 1.80. The molecule has 9 nitrogen and oxygen atoms in total. The zero-order valence-corrected chi connectivity index (χ0v) is 17.2. The first-order valence-electron chi connectivity index (χ1n) is 8.97. The van der Waals surface area contributed by atoms with Gasteiger partial charge >= 0.3 is 5.97 Å². The summed E-state index contributed by atoms with van der Waals surface area (Å²) >= 11 is 0. The van der Waals surface area contributed by atoms with Gasteiger partial charge in [0.15, 0.2) is 4.90 Å². The quantitative estimate of drug-likeness (QED) is 0.182. The van der Waals surface area contributed by atoms with Crippen LogP contribution in [0.5, 0.6) is 0 Å². The largest absolute Gasteiger partial charge is 0.468 e. The Kier molecular flexibility index (Phi) is 7.81. The Balaban J connectivity index is 2.55. The first-order valence-corrected chi connectivity index (χ1v) is 10.5. The minimum absolute atomic E-state index is 0.0372. The van der Waals surface area contributed by atoms with Gasteiger partial charge in [-0.3, -0.25) is 10.1 Å². The van der Waals surface area contributed by atoms with E-state index in [4.69, 9.17) is 4.74 Å². The number of nitro groups is 1. The van der Waals surface area contributed by atoms with Crippen molar-refractivity contribution in [2.24, 2.45) is 0 Å². The Morgan fingerprint density at radius 2 is 1.83 bits per heavy atom. The molecule has 0 bridgehead atoms. The highest BCUT2D eigenvalue weighted by Gasteiger charge is 2.44. The van der Waals surface area contributed by atoms with Gasteiger partial charge in [0.2, 0.25) is 10.0 Å². The van der Waals surface area contributed by atoms with E-state index in [1.165, 1.54) is 12.1 Å². The Labute approximate surface area is 175 Å². The Hall–Kier alpha value is -3.08. The molecule has 0 spiro atoms. The minimum atomic E-state index is -4.46. The average Bonchev–Trinajstić information content (AvgIpc) is 2.73. The van der Waals surface area contributed by atoms with Crippen LogP contribution < -0.4 is 10.0 Å². The second-order valence-corrected chi connectivity index (χ2v) is 8.14. The molecule has 1 unspecified atom stereocenters. The van der Waals surface area contributed by atoms with E-state index >= 15 is 0 Å². The number of carbonyl (C=O) groups is 1. The average molecular weight is 433 g/mol. The number of rotatable bonds is 11. The highest BCUT2D eigenvalue weighted by molar-refractivity contribution is 7.89. The van der Waals surface area contributed by atoms with Gasteiger partial charge in [-0.15, -0.1) is 6.58 Å². The van der Waals surface area contributed by atoms with Crippen molar-refractivity contribution < 1.29 is 22.9 Å². The van der Waals surface area contributed by atoms with E-state index in [1.54, 1.807) is 36.4 Å². The maximum atomic E-state index is 13.1. The summed E-state index contributed by atoms with van der Waals surface area (Å²) in [5, 5.41) is 14.3. The van der Waals surface area contributed by atoms with E-state index in [0.29, 0.717) is 12.1 Å². The molecule has 2 N–H and O–H groups in total. The molecular formula is C20H23N3O6S. The van der Waals surface area contributed by atoms with E-state index in [2.05, 4.69) is 16.6 Å². The summed E-state index contributed by atoms with van der Waals surface area (Å²) in [4.78, 5) is 22.8. The second-order valence-electron chi connectivity index (χ2n) is 6.49. The number of hydrogen-bond acceptors (Lipinski definition) is 7. The SMILES string of the molecule is C=CCNCC(Cc1ccccc1)(NS(=O)(=O)c1ccccc1[N+](=O)[O-])C(=O)OC. The molecule has 0 saturated carbocycles. The van der Waals surface area contributed by atoms with Gasteiger partial charge in [0.1, 0.15) is 5.54 Å². The van der Waals surface area contributed by atoms with Crippen LogP contribution in [-0.4, -0.2) is 45.0 Å². The summed E-state index contributed by atoms with van der Waals surface area (Å²) in [6.07, 6.45) is 1.52. The molecule has 0 aliphatic heterocycles. The van der Waals surface area contributed by atoms with Crippen molar-refractivity contribution in [3.05, 3.63) is 82.9 Å². The standard InChI is InChI=1S/C20H23N3O6S/c1-3-13-21-15-20(19(24)29-2,14-16-9-5-4-6-10-16)22-30(27,28)18-12-8-7-11-17(18)23(25)26/h3-12,21-22H,1,13-15H2,2H3. The van der Waals surface area contributed by atoms with Crippen molar-refractivity contribution >= 4 is 21.7 Å². The molecule has 2 rings (SSSR count). The number of para-hydroxylation sites is 1. The zero-order valence-electron chi connectivity index (χ0n) is 16.4. The molecule has 30 heavy (non-hydrogen) atoms. The van der Waals surface area contributed by atoms with E-state index < -0.39 is 37.0 Å². The lowest BCUT2D eigenvalue weighted by Gasteiger charge is -2.32. The fraction of sp³-hybridized carbons (Fsp3) is 0.250. The van der Waals surface area contributed by atoms with Crippen LogP contribution in [0.2, 0.25) is 0 Å². The number of ether oxygens (including phenoxy) is 1. The van der Waals surface area contributed by atoms with Crippen LogP contribution in [0.15, 0.2) is 72.1 Å². The Morgan fingerprint density at radius 1 is 1.20 bits per heavy atom. The van der Waals surface area contributed by atoms with Crippen molar-refractivity contribution in [1.29, 1.82) is 0 Å². The number of nitrogens with zero attached hydrogens (tertiary/aromatic N) is 1. The molecule has 0 radical (unpaired) electrons. The topological polar surface area (TPSA) is 128 Å². The third-order valence-electron chi connectivity index (χ3n) is 4.32. The molecule has 0 aliphatic rings. The molecular weight excluding hydrogens is 410 g/mol. The number of methoxy groups -OCH3 is 1. The van der Waals surface area contributed by atoms with Crippen LogP contribution in [0, 0.1) is 10.1 Å². The molecule has 0 fully saturated rings. The zero-order chi connectivity index (χ0) is 22.2. The Morgan fingerprint density at radius 3 is 2.43 bits per heavy atom. The lowest BCUT2D eigenvalue weighted by molar-refractivity contribution is -0.387. The van der Waals surface area contributed by atoms with E-state index in [-0.39, 0.29) is 13.0 Å². The number of esters is 1. The summed E-state index contributed by atoms with van der Waals surface area (Å²) in [7, 11) is -3.32. The van der Waals surface area contributed by atoms with Crippen molar-refractivity contribution in [2.45, 2.75) is 16.9 Å². The van der Waals surface area contributed by atoms with Crippen LogP contribution in [0.1, 0.15) is 5.56 Å². The van der Waals surface area contributed by atoms with E-state index in [9.17, 15) is 23.3 Å². The fourth-order valence-electron chi connectivity index (χ4n) is 3.00. The second kappa shape index (κ2) is 10.1. The molecule has 2 aromatic rings. The lowest BCUT2D eigenvalue weighted by Crippen LogP contribution is -2.62. The smallest absolute Gasteiger partial charge is 0.328 e. The van der Waals surface area contributed by atoms with Crippen LogP contribution in [0.4, 0.5) is 5.69 Å². The number of benzene rings is 2. The molecule has 0 amide bonds. The summed E-state index contributed by atoms with van der Waals surface area (Å²) in [6, 6.07) is 13.7. The van der Waals surface area contributed by atoms with Crippen molar-refractivity contribution in [1.82, 2.24) is 10.0 Å². The number of hydrogen-bond donors (Lipinski definition) is 2. The summed E-state index contributed by atoms with van der Waals surface area (Å²) < 4.78 is 33.6. The van der Waals surface area contributed by atoms with Gasteiger partial charge in [0.25, 0.3) is 5.69 Å². The van der Waals surface area contributed by atoms with Crippen LogP contribution >= 0.6 is 0 Å². The monoisotopic (exact) mass is 433 g/mol. The minimum Gasteiger partial charge on any atom is -0.468 e. The van der Waals surface area contributed by atoms with Crippen molar-refractivity contribution in [3.8, 4) is 0 Å². The number of sulfonamides is 1. The summed E-state index contributed by atoms with van der Waals surface area (Å²) in [6.45, 7) is 3.77. The maximum absolute atomic E-state index is 13.1. The molecule has 10 heteroatoms. The molecule has 0 aliphatic carbocycles. The van der Waals surface area contributed by atoms with Gasteiger partial charge < -0.3 is 10.1 Å². The number of nitrogens with one attached hydrogen (secondary N) is 2. The van der Waals surface area contributed by atoms with Gasteiger partial charge in [-0.25, -0.2) is 13.2 Å². The van der Waals surface area contributed by atoms with Gasteiger partial charge in [0.05, 0.1) is 12.0 Å². The predicted molar refractivity (Wildman–Crippen MR) is 111 cm³/mol. The van der Waals surface area contributed by atoms with E-state index in [1.807, 2.05) is 0 Å². The highest BCUT2D eigenvalue weighted by atomic mass is 32.2. The molecule has 1 atom stereocenters. The summed E-state index contributed by atoms with van der Waals surface area (Å²) in [5.41, 5.74) is -1.67. The molecule has 0 heterocycles. The van der Waals surface area contributed by atoms with Gasteiger partial charge in [0, 0.05) is 25.6 Å². The fourth-order valence-corrected chi connectivity index (χ4v) is 4.52. The lowest BCUT2D eigenvalue weighted by atomic mass is 9.91. The normalized spacial score (nSPS) is 13.2. The molecule has 0 saturated heterocycles. The van der Waals surface area contributed by atoms with Gasteiger partial charge in [-0.05, 0) is 11.6 Å². The van der Waals surface area contributed by atoms with Crippen molar-refractivity contribution in [3.63, 3.8) is 0 Å². The van der Waals surface area contributed by atoms with Crippen LogP contribution in [0.3, 0.4) is 0 Å². The summed E-state index contributed by atoms with van der Waals surface area (Å²) in [5.74, 6) is -0.829. The third-order valence-corrected chi connectivity index (χ3v) is 5.91. The highest BCUT2D eigenvalue weighted by Crippen LogP contribution is 2.26. The number of carbonyl (C=O) groups excluding carboxylic acids is 1. The third kappa shape index (κ3) is 5.50. The van der Waals surface area contributed by atoms with Crippen molar-refractivity contribution in [2.75, 3.05) is 20.2 Å². The first-order chi connectivity index (χ1) is 14.3. The van der Waals surface area contributed by atoms with E-state index in [0.717, 1.165) is 19.2 Å². The molecule has 160 valence electrons. The van der Waals surface area contributed by atoms with Crippen LogP contribution in [-0.2, 0) is 26.0 Å². The number of nitro benzene ring substituents is 1.